The Morgan fingerprint density at radius 3 is 2.50 bits per heavy atom. The second-order valence-corrected chi connectivity index (χ2v) is 6.21. The molecule has 0 radical (unpaired) electrons. The number of anilines is 1. The summed E-state index contributed by atoms with van der Waals surface area (Å²) in [6, 6.07) is 11.5. The molecule has 0 aliphatic rings. The summed E-state index contributed by atoms with van der Waals surface area (Å²) < 4.78 is 10.9. The topological polar surface area (TPSA) is 77.3 Å². The first-order valence-electron chi connectivity index (χ1n) is 8.31. The predicted octanol–water partition coefficient (Wildman–Crippen LogP) is 3.85. The number of nitrogens with zero attached hydrogens (tertiary/aromatic N) is 2. The minimum atomic E-state index is -0.199. The second-order valence-electron chi connectivity index (χ2n) is 6.21. The highest BCUT2D eigenvalue weighted by Gasteiger charge is 2.16. The van der Waals surface area contributed by atoms with E-state index in [-0.39, 0.29) is 18.3 Å². The molecular weight excluding hydrogens is 330 g/mol. The number of carbonyl (C=O) groups is 1. The lowest BCUT2D eigenvalue weighted by molar-refractivity contribution is -0.115. The molecule has 3 aromatic rings. The van der Waals surface area contributed by atoms with Gasteiger partial charge in [0.15, 0.2) is 0 Å². The summed E-state index contributed by atoms with van der Waals surface area (Å²) in [6.45, 7) is 6.06. The molecule has 1 amide bonds. The maximum Gasteiger partial charge on any atom is 0.322 e. The number of ether oxygens (including phenoxy) is 1. The molecule has 6 heteroatoms. The second kappa shape index (κ2) is 7.39. The van der Waals surface area contributed by atoms with E-state index in [4.69, 9.17) is 9.15 Å². The summed E-state index contributed by atoms with van der Waals surface area (Å²) >= 11 is 0. The first kappa shape index (κ1) is 17.7. The van der Waals surface area contributed by atoms with E-state index in [9.17, 15) is 4.79 Å². The first-order valence-corrected chi connectivity index (χ1v) is 8.31. The number of aryl methyl sites for hydroxylation is 3. The number of rotatable bonds is 5. The van der Waals surface area contributed by atoms with Gasteiger partial charge in [-0.1, -0.05) is 34.9 Å². The van der Waals surface area contributed by atoms with Crippen molar-refractivity contribution in [3.8, 4) is 17.2 Å². The van der Waals surface area contributed by atoms with E-state index in [0.717, 1.165) is 16.7 Å². The molecule has 3 rings (SSSR count). The van der Waals surface area contributed by atoms with Crippen LogP contribution in [0.25, 0.3) is 11.5 Å². The molecule has 134 valence electrons. The third-order valence-corrected chi connectivity index (χ3v) is 4.19. The summed E-state index contributed by atoms with van der Waals surface area (Å²) in [5, 5.41) is 10.6. The largest absolute Gasteiger partial charge is 0.496 e. The van der Waals surface area contributed by atoms with Gasteiger partial charge < -0.3 is 9.15 Å². The van der Waals surface area contributed by atoms with Gasteiger partial charge >= 0.3 is 6.01 Å². The monoisotopic (exact) mass is 351 g/mol. The summed E-state index contributed by atoms with van der Waals surface area (Å²) in [7, 11) is 1.57. The van der Waals surface area contributed by atoms with Gasteiger partial charge in [-0.2, -0.15) is 0 Å². The van der Waals surface area contributed by atoms with Crippen molar-refractivity contribution in [2.45, 2.75) is 27.2 Å². The lowest BCUT2D eigenvalue weighted by Gasteiger charge is -2.10. The Kier molecular flexibility index (Phi) is 5.02. The maximum atomic E-state index is 12.4. The minimum Gasteiger partial charge on any atom is -0.496 e. The van der Waals surface area contributed by atoms with Crippen LogP contribution < -0.4 is 10.1 Å². The molecule has 1 heterocycles. The van der Waals surface area contributed by atoms with Crippen molar-refractivity contribution in [3.05, 3.63) is 58.7 Å². The van der Waals surface area contributed by atoms with Crippen molar-refractivity contribution in [2.24, 2.45) is 0 Å². The van der Waals surface area contributed by atoms with Crippen LogP contribution in [0.1, 0.15) is 22.3 Å². The number of benzene rings is 2. The van der Waals surface area contributed by atoms with Gasteiger partial charge in [-0.15, -0.1) is 5.10 Å². The lowest BCUT2D eigenvalue weighted by atomic mass is 9.97. The number of methoxy groups -OCH3 is 1. The fourth-order valence-corrected chi connectivity index (χ4v) is 3.02. The fraction of sp³-hybridized carbons (Fsp3) is 0.250. The SMILES string of the molecule is COc1ccccc1-c1nnc(NC(=O)Cc2c(C)cc(C)cc2C)o1. The van der Waals surface area contributed by atoms with Gasteiger partial charge in [0.05, 0.1) is 19.1 Å². The van der Waals surface area contributed by atoms with Gasteiger partial charge in [-0.05, 0) is 49.6 Å². The number of amides is 1. The number of nitrogens with one attached hydrogen (secondary N) is 1. The van der Waals surface area contributed by atoms with Crippen LogP contribution in [0.5, 0.6) is 5.75 Å². The van der Waals surface area contributed by atoms with Crippen LogP contribution in [0, 0.1) is 20.8 Å². The Bertz CT molecular complexity index is 924. The van der Waals surface area contributed by atoms with Crippen LogP contribution in [0.3, 0.4) is 0 Å². The van der Waals surface area contributed by atoms with E-state index >= 15 is 0 Å². The van der Waals surface area contributed by atoms with Gasteiger partial charge in [0.1, 0.15) is 5.75 Å². The van der Waals surface area contributed by atoms with E-state index in [1.54, 1.807) is 13.2 Å². The Morgan fingerprint density at radius 1 is 1.12 bits per heavy atom. The van der Waals surface area contributed by atoms with E-state index in [2.05, 4.69) is 27.6 Å². The van der Waals surface area contributed by atoms with Gasteiger partial charge in [0.2, 0.25) is 5.91 Å². The highest BCUT2D eigenvalue weighted by atomic mass is 16.5. The Labute approximate surface area is 152 Å². The van der Waals surface area contributed by atoms with Gasteiger partial charge in [0, 0.05) is 0 Å². The molecule has 0 saturated heterocycles. The summed E-state index contributed by atoms with van der Waals surface area (Å²) in [5.41, 5.74) is 5.06. The average Bonchev–Trinajstić information content (AvgIpc) is 3.06. The summed E-state index contributed by atoms with van der Waals surface area (Å²) in [6.07, 6.45) is 0.254. The molecule has 0 aliphatic heterocycles. The average molecular weight is 351 g/mol. The normalized spacial score (nSPS) is 10.6. The van der Waals surface area contributed by atoms with Crippen molar-refractivity contribution < 1.29 is 13.9 Å². The first-order chi connectivity index (χ1) is 12.5. The molecule has 0 atom stereocenters. The molecule has 6 nitrogen and oxygen atoms in total. The molecule has 1 N–H and O–H groups in total. The molecule has 0 unspecified atom stereocenters. The van der Waals surface area contributed by atoms with Crippen LogP contribution in [0.15, 0.2) is 40.8 Å². The van der Waals surface area contributed by atoms with Crippen LogP contribution in [-0.2, 0) is 11.2 Å². The van der Waals surface area contributed by atoms with Crippen LogP contribution in [0.2, 0.25) is 0 Å². The Hall–Kier alpha value is -3.15. The Balaban J connectivity index is 1.74. The summed E-state index contributed by atoms with van der Waals surface area (Å²) in [4.78, 5) is 12.4. The smallest absolute Gasteiger partial charge is 0.322 e. The molecule has 0 bridgehead atoms. The predicted molar refractivity (Wildman–Crippen MR) is 99.3 cm³/mol. The van der Waals surface area contributed by atoms with Crippen molar-refractivity contribution in [1.29, 1.82) is 0 Å². The Morgan fingerprint density at radius 2 is 1.81 bits per heavy atom. The highest BCUT2D eigenvalue weighted by molar-refractivity contribution is 5.90. The van der Waals surface area contributed by atoms with Crippen molar-refractivity contribution in [2.75, 3.05) is 12.4 Å². The zero-order valence-electron chi connectivity index (χ0n) is 15.3. The van der Waals surface area contributed by atoms with Crippen LogP contribution in [-0.4, -0.2) is 23.2 Å². The van der Waals surface area contributed by atoms with Gasteiger partial charge in [-0.3, -0.25) is 10.1 Å². The van der Waals surface area contributed by atoms with E-state index in [1.165, 1.54) is 5.56 Å². The van der Waals surface area contributed by atoms with Crippen molar-refractivity contribution in [3.63, 3.8) is 0 Å². The van der Waals surface area contributed by atoms with Crippen LogP contribution in [0.4, 0.5) is 6.01 Å². The van der Waals surface area contributed by atoms with E-state index in [1.807, 2.05) is 39.0 Å². The van der Waals surface area contributed by atoms with Crippen LogP contribution >= 0.6 is 0 Å². The maximum absolute atomic E-state index is 12.4. The number of hydrogen-bond donors (Lipinski definition) is 1. The van der Waals surface area contributed by atoms with E-state index in [0.29, 0.717) is 17.2 Å². The zero-order chi connectivity index (χ0) is 18.7. The molecule has 0 saturated carbocycles. The van der Waals surface area contributed by atoms with Gasteiger partial charge in [-0.25, -0.2) is 0 Å². The molecule has 1 aromatic heterocycles. The van der Waals surface area contributed by atoms with Crippen molar-refractivity contribution >= 4 is 11.9 Å². The number of aromatic nitrogens is 2. The standard InChI is InChI=1S/C20H21N3O3/c1-12-9-13(2)16(14(3)10-12)11-18(24)21-20-23-22-19(26-20)15-7-5-6-8-17(15)25-4/h5-10H,11H2,1-4H3,(H,21,23,24). The molecule has 26 heavy (non-hydrogen) atoms. The zero-order valence-corrected chi connectivity index (χ0v) is 15.3. The lowest BCUT2D eigenvalue weighted by Crippen LogP contribution is -2.16. The highest BCUT2D eigenvalue weighted by Crippen LogP contribution is 2.29. The minimum absolute atomic E-state index is 0.0679. The van der Waals surface area contributed by atoms with Gasteiger partial charge in [0.25, 0.3) is 5.89 Å². The molecule has 2 aromatic carbocycles. The number of para-hydroxylation sites is 1. The molecule has 0 fully saturated rings. The third-order valence-electron chi connectivity index (χ3n) is 4.19. The third kappa shape index (κ3) is 3.74. The quantitative estimate of drug-likeness (QED) is 0.755. The molecular formula is C20H21N3O3. The fourth-order valence-electron chi connectivity index (χ4n) is 3.02. The summed E-state index contributed by atoms with van der Waals surface area (Å²) in [5.74, 6) is 0.718. The molecule has 0 aliphatic carbocycles. The number of carbonyl (C=O) groups excluding carboxylic acids is 1. The number of hydrogen-bond acceptors (Lipinski definition) is 5. The molecule has 0 spiro atoms. The van der Waals surface area contributed by atoms with E-state index < -0.39 is 0 Å². The van der Waals surface area contributed by atoms with Crippen molar-refractivity contribution in [1.82, 2.24) is 10.2 Å².